The van der Waals surface area contributed by atoms with Crippen LogP contribution in [0.1, 0.15) is 25.7 Å². The molecule has 150 valence electrons. The van der Waals surface area contributed by atoms with E-state index in [4.69, 9.17) is 0 Å². The Bertz CT molecular complexity index is 633. The Labute approximate surface area is 177 Å². The summed E-state index contributed by atoms with van der Waals surface area (Å²) in [6.45, 7) is 4.45. The lowest BCUT2D eigenvalue weighted by Crippen LogP contribution is -2.46. The minimum atomic E-state index is -0.321. The number of nitrogens with one attached hydrogen (secondary N) is 2. The predicted molar refractivity (Wildman–Crippen MR) is 117 cm³/mol. The highest BCUT2D eigenvalue weighted by atomic mass is 127. The molecule has 6 nitrogen and oxygen atoms in total. The van der Waals surface area contributed by atoms with Crippen molar-refractivity contribution in [1.82, 2.24) is 15.1 Å². The van der Waals surface area contributed by atoms with Gasteiger partial charge in [-0.3, -0.25) is 14.7 Å². The molecule has 0 radical (unpaired) electrons. The van der Waals surface area contributed by atoms with Crippen molar-refractivity contribution < 1.29 is 9.18 Å². The molecule has 1 aromatic carbocycles. The van der Waals surface area contributed by atoms with Crippen LogP contribution in [0.3, 0.4) is 0 Å². The number of piperidine rings is 1. The van der Waals surface area contributed by atoms with Gasteiger partial charge in [-0.2, -0.15) is 0 Å². The van der Waals surface area contributed by atoms with Gasteiger partial charge in [0.05, 0.1) is 6.54 Å². The Morgan fingerprint density at radius 1 is 1.19 bits per heavy atom. The Balaban J connectivity index is 0.00000261. The second-order valence-corrected chi connectivity index (χ2v) is 6.94. The van der Waals surface area contributed by atoms with Crippen LogP contribution in [-0.4, -0.2) is 67.5 Å². The lowest BCUT2D eigenvalue weighted by Gasteiger charge is -2.32. The van der Waals surface area contributed by atoms with Crippen LogP contribution in [0.4, 0.5) is 10.1 Å². The van der Waals surface area contributed by atoms with Gasteiger partial charge in [0, 0.05) is 31.9 Å². The van der Waals surface area contributed by atoms with Gasteiger partial charge >= 0.3 is 0 Å². The standard InChI is InChI=1S/C19H28FN5O.HI/c1-21-19(22-13-18(26)23-16-7-5-15(20)6-8-16)25-12-9-17(14-25)24-10-3-2-4-11-24;/h5-8,17H,2-4,9-14H2,1H3,(H,21,22)(H,23,26);1H. The van der Waals surface area contributed by atoms with Crippen LogP contribution in [0.15, 0.2) is 29.3 Å². The van der Waals surface area contributed by atoms with Crippen molar-refractivity contribution in [2.75, 3.05) is 45.1 Å². The number of aliphatic imine (C=N–C) groups is 1. The minimum absolute atomic E-state index is 0. The first-order valence-corrected chi connectivity index (χ1v) is 9.41. The third kappa shape index (κ3) is 6.31. The molecule has 8 heteroatoms. The lowest BCUT2D eigenvalue weighted by atomic mass is 10.1. The molecule has 2 saturated heterocycles. The number of likely N-dealkylation sites (tertiary alicyclic amines) is 2. The first-order chi connectivity index (χ1) is 12.7. The average Bonchev–Trinajstić information content (AvgIpc) is 3.15. The molecule has 2 N–H and O–H groups in total. The maximum absolute atomic E-state index is 12.9. The van der Waals surface area contributed by atoms with E-state index in [-0.39, 0.29) is 42.2 Å². The summed E-state index contributed by atoms with van der Waals surface area (Å²) >= 11 is 0. The average molecular weight is 489 g/mol. The minimum Gasteiger partial charge on any atom is -0.347 e. The van der Waals surface area contributed by atoms with Gasteiger partial charge in [-0.25, -0.2) is 4.39 Å². The van der Waals surface area contributed by atoms with Gasteiger partial charge in [0.25, 0.3) is 0 Å². The van der Waals surface area contributed by atoms with Crippen molar-refractivity contribution in [3.8, 4) is 0 Å². The molecule has 0 spiro atoms. The van der Waals surface area contributed by atoms with Gasteiger partial charge in [0.1, 0.15) is 5.82 Å². The zero-order valence-corrected chi connectivity index (χ0v) is 18.1. The second-order valence-electron chi connectivity index (χ2n) is 6.94. The van der Waals surface area contributed by atoms with E-state index in [0.29, 0.717) is 11.7 Å². The number of nitrogens with zero attached hydrogens (tertiary/aromatic N) is 3. The van der Waals surface area contributed by atoms with Crippen LogP contribution in [0.25, 0.3) is 0 Å². The molecule has 2 heterocycles. The summed E-state index contributed by atoms with van der Waals surface area (Å²) in [7, 11) is 1.74. The highest BCUT2D eigenvalue weighted by Crippen LogP contribution is 2.20. The highest BCUT2D eigenvalue weighted by Gasteiger charge is 2.30. The molecular formula is C19H29FIN5O. The van der Waals surface area contributed by atoms with Gasteiger partial charge < -0.3 is 15.5 Å². The van der Waals surface area contributed by atoms with E-state index in [1.54, 1.807) is 19.2 Å². The van der Waals surface area contributed by atoms with Gasteiger partial charge in [-0.1, -0.05) is 6.42 Å². The van der Waals surface area contributed by atoms with Crippen molar-refractivity contribution in [1.29, 1.82) is 0 Å². The number of carbonyl (C=O) groups excluding carboxylic acids is 1. The molecule has 1 atom stereocenters. The van der Waals surface area contributed by atoms with E-state index in [1.807, 2.05) is 0 Å². The summed E-state index contributed by atoms with van der Waals surface area (Å²) in [4.78, 5) is 21.2. The van der Waals surface area contributed by atoms with E-state index < -0.39 is 0 Å². The zero-order chi connectivity index (χ0) is 18.4. The van der Waals surface area contributed by atoms with E-state index >= 15 is 0 Å². The fourth-order valence-electron chi connectivity index (χ4n) is 3.75. The van der Waals surface area contributed by atoms with Crippen molar-refractivity contribution in [3.05, 3.63) is 30.1 Å². The van der Waals surface area contributed by atoms with E-state index in [0.717, 1.165) is 25.5 Å². The van der Waals surface area contributed by atoms with E-state index in [2.05, 4.69) is 25.4 Å². The SMILES string of the molecule is CN=C(NCC(=O)Nc1ccc(F)cc1)N1CCC(N2CCCCC2)C1.I. The predicted octanol–water partition coefficient (Wildman–Crippen LogP) is 2.52. The molecule has 2 aliphatic rings. The van der Waals surface area contributed by atoms with Crippen molar-refractivity contribution in [3.63, 3.8) is 0 Å². The molecular weight excluding hydrogens is 460 g/mol. The Morgan fingerprint density at radius 3 is 2.56 bits per heavy atom. The zero-order valence-electron chi connectivity index (χ0n) is 15.8. The first-order valence-electron chi connectivity index (χ1n) is 9.41. The number of hydrogen-bond donors (Lipinski definition) is 2. The number of hydrogen-bond acceptors (Lipinski definition) is 3. The number of rotatable bonds is 4. The van der Waals surface area contributed by atoms with Gasteiger partial charge in [-0.05, 0) is 56.6 Å². The quantitative estimate of drug-likeness (QED) is 0.388. The van der Waals surface area contributed by atoms with Crippen LogP contribution in [-0.2, 0) is 4.79 Å². The molecule has 1 aromatic rings. The first kappa shape index (κ1) is 21.9. The number of guanidine groups is 1. The number of benzene rings is 1. The van der Waals surface area contributed by atoms with Crippen LogP contribution >= 0.6 is 24.0 Å². The molecule has 1 amide bonds. The lowest BCUT2D eigenvalue weighted by molar-refractivity contribution is -0.115. The third-order valence-electron chi connectivity index (χ3n) is 5.12. The molecule has 1 unspecified atom stereocenters. The molecule has 3 rings (SSSR count). The van der Waals surface area contributed by atoms with Crippen LogP contribution in [0, 0.1) is 5.82 Å². The summed E-state index contributed by atoms with van der Waals surface area (Å²) in [6, 6.07) is 6.33. The maximum atomic E-state index is 12.9. The van der Waals surface area contributed by atoms with Crippen molar-refractivity contribution in [2.45, 2.75) is 31.7 Å². The molecule has 0 aliphatic carbocycles. The summed E-state index contributed by atoms with van der Waals surface area (Å²) in [6.07, 6.45) is 5.09. The number of amides is 1. The summed E-state index contributed by atoms with van der Waals surface area (Å²) in [5, 5.41) is 5.89. The molecule has 27 heavy (non-hydrogen) atoms. The molecule has 0 saturated carbocycles. The van der Waals surface area contributed by atoms with Crippen LogP contribution in [0.2, 0.25) is 0 Å². The Kier molecular flexibility index (Phi) is 8.75. The summed E-state index contributed by atoms with van der Waals surface area (Å²) < 4.78 is 12.9. The summed E-state index contributed by atoms with van der Waals surface area (Å²) in [5.41, 5.74) is 0.583. The Hall–Kier alpha value is -1.42. The smallest absolute Gasteiger partial charge is 0.243 e. The molecule has 2 fully saturated rings. The van der Waals surface area contributed by atoms with Crippen LogP contribution in [0.5, 0.6) is 0 Å². The summed E-state index contributed by atoms with van der Waals surface area (Å²) in [5.74, 6) is 0.266. The topological polar surface area (TPSA) is 60.0 Å². The van der Waals surface area contributed by atoms with E-state index in [1.165, 1.54) is 44.5 Å². The van der Waals surface area contributed by atoms with Crippen molar-refractivity contribution in [2.24, 2.45) is 4.99 Å². The van der Waals surface area contributed by atoms with Crippen molar-refractivity contribution >= 4 is 41.5 Å². The van der Waals surface area contributed by atoms with Gasteiger partial charge in [0.15, 0.2) is 5.96 Å². The van der Waals surface area contributed by atoms with Gasteiger partial charge in [-0.15, -0.1) is 24.0 Å². The molecule has 2 aliphatic heterocycles. The maximum Gasteiger partial charge on any atom is 0.243 e. The number of anilines is 1. The molecule has 0 bridgehead atoms. The molecule has 0 aromatic heterocycles. The monoisotopic (exact) mass is 489 g/mol. The Morgan fingerprint density at radius 2 is 1.89 bits per heavy atom. The fourth-order valence-corrected chi connectivity index (χ4v) is 3.75. The highest BCUT2D eigenvalue weighted by molar-refractivity contribution is 14.0. The number of carbonyl (C=O) groups is 1. The third-order valence-corrected chi connectivity index (χ3v) is 5.12. The van der Waals surface area contributed by atoms with Crippen LogP contribution < -0.4 is 10.6 Å². The second kappa shape index (κ2) is 10.8. The largest absolute Gasteiger partial charge is 0.347 e. The van der Waals surface area contributed by atoms with Gasteiger partial charge in [0.2, 0.25) is 5.91 Å². The van der Waals surface area contributed by atoms with E-state index in [9.17, 15) is 9.18 Å². The normalized spacial score (nSPS) is 20.9. The fraction of sp³-hybridized carbons (Fsp3) is 0.579. The number of halogens is 2.